The summed E-state index contributed by atoms with van der Waals surface area (Å²) in [5.74, 6) is 0. The Bertz CT molecular complexity index is 586. The highest BCUT2D eigenvalue weighted by Gasteiger charge is 2.41. The molecule has 25 heavy (non-hydrogen) atoms. The van der Waals surface area contributed by atoms with Crippen molar-refractivity contribution in [2.45, 2.75) is 49.8 Å². The molecule has 136 valence electrons. The van der Waals surface area contributed by atoms with E-state index < -0.39 is 5.60 Å². The molecule has 0 bridgehead atoms. The highest BCUT2D eigenvalue weighted by molar-refractivity contribution is 5.66. The summed E-state index contributed by atoms with van der Waals surface area (Å²) in [6, 6.07) is 11.6. The molecule has 4 rings (SSSR count). The third-order valence-corrected chi connectivity index (χ3v) is 6.41. The minimum Gasteiger partial charge on any atom is -0.388 e. The van der Waals surface area contributed by atoms with E-state index in [-0.39, 0.29) is 6.04 Å². The van der Waals surface area contributed by atoms with Gasteiger partial charge in [0.25, 0.3) is 0 Å². The van der Waals surface area contributed by atoms with Crippen LogP contribution in [0.3, 0.4) is 0 Å². The monoisotopic (exact) mass is 341 g/mol. The first-order valence-electron chi connectivity index (χ1n) is 9.90. The van der Waals surface area contributed by atoms with Gasteiger partial charge in [-0.05, 0) is 43.2 Å². The van der Waals surface area contributed by atoms with E-state index >= 15 is 0 Å². The van der Waals surface area contributed by atoms with E-state index in [0.29, 0.717) is 6.04 Å². The fraction of sp³-hybridized carbons (Fsp3) is 0.619. The van der Waals surface area contributed by atoms with E-state index in [1.807, 2.05) is 0 Å². The molecule has 1 aliphatic carbocycles. The van der Waals surface area contributed by atoms with Crippen LogP contribution in [0.1, 0.15) is 37.7 Å². The third kappa shape index (κ3) is 3.82. The molecule has 3 N–H and O–H groups in total. The quantitative estimate of drug-likeness (QED) is 0.787. The number of nitrogens with one attached hydrogen (secondary N) is 2. The van der Waals surface area contributed by atoms with E-state index in [1.54, 1.807) is 0 Å². The summed E-state index contributed by atoms with van der Waals surface area (Å²) in [7, 11) is 0. The maximum atomic E-state index is 11.1. The van der Waals surface area contributed by atoms with E-state index in [1.165, 1.54) is 11.1 Å². The standard InChI is InChI=1S/C21H31N3O/c25-21(20-16-22-12-13-23-20)10-6-19(7-11-21)24-14-8-18(9-15-24)17-4-2-1-3-5-17/h1-5,8,19-20,22-23,25H,6-7,9-16H2/t19-,20?,21-. The SMILES string of the molecule is O[C@]1(C2CNCCN2)CC[C@@H](N2CC=C(c3ccccc3)CC2)CC1. The van der Waals surface area contributed by atoms with Gasteiger partial charge in [0, 0.05) is 44.8 Å². The molecule has 2 heterocycles. The lowest BCUT2D eigenvalue weighted by atomic mass is 9.76. The van der Waals surface area contributed by atoms with Gasteiger partial charge in [0.05, 0.1) is 5.60 Å². The molecule has 2 aliphatic heterocycles. The van der Waals surface area contributed by atoms with Gasteiger partial charge in [0.15, 0.2) is 0 Å². The molecule has 0 aromatic heterocycles. The van der Waals surface area contributed by atoms with Gasteiger partial charge in [0.2, 0.25) is 0 Å². The van der Waals surface area contributed by atoms with Crippen LogP contribution in [0.25, 0.3) is 5.57 Å². The van der Waals surface area contributed by atoms with E-state index in [4.69, 9.17) is 0 Å². The third-order valence-electron chi connectivity index (χ3n) is 6.41. The molecule has 1 aromatic rings. The Hall–Kier alpha value is -1.20. The van der Waals surface area contributed by atoms with E-state index in [9.17, 15) is 5.11 Å². The molecule has 3 aliphatic rings. The number of rotatable bonds is 3. The van der Waals surface area contributed by atoms with Crippen LogP contribution in [0.15, 0.2) is 36.4 Å². The van der Waals surface area contributed by atoms with Crippen LogP contribution in [0.4, 0.5) is 0 Å². The Morgan fingerprint density at radius 2 is 1.88 bits per heavy atom. The average Bonchev–Trinajstić information content (AvgIpc) is 2.70. The van der Waals surface area contributed by atoms with E-state index in [2.05, 4.69) is 51.9 Å². The van der Waals surface area contributed by atoms with Gasteiger partial charge < -0.3 is 15.7 Å². The van der Waals surface area contributed by atoms with Crippen molar-refractivity contribution in [3.05, 3.63) is 42.0 Å². The minimum atomic E-state index is -0.523. The molecule has 1 saturated carbocycles. The predicted octanol–water partition coefficient (Wildman–Crippen LogP) is 2.01. The summed E-state index contributed by atoms with van der Waals surface area (Å²) < 4.78 is 0. The van der Waals surface area contributed by atoms with Gasteiger partial charge in [-0.1, -0.05) is 36.4 Å². The summed E-state index contributed by atoms with van der Waals surface area (Å²) in [6.07, 6.45) is 7.61. The fourth-order valence-electron chi connectivity index (χ4n) is 4.78. The predicted molar refractivity (Wildman–Crippen MR) is 102 cm³/mol. The second-order valence-corrected chi connectivity index (χ2v) is 7.89. The highest BCUT2D eigenvalue weighted by atomic mass is 16.3. The Balaban J connectivity index is 1.32. The summed E-state index contributed by atoms with van der Waals surface area (Å²) in [4.78, 5) is 2.62. The molecular formula is C21H31N3O. The second kappa shape index (κ2) is 7.58. The molecule has 1 saturated heterocycles. The van der Waals surface area contributed by atoms with Crippen molar-refractivity contribution in [1.29, 1.82) is 0 Å². The zero-order valence-corrected chi connectivity index (χ0v) is 15.1. The summed E-state index contributed by atoms with van der Waals surface area (Å²) in [6.45, 7) is 5.08. The Morgan fingerprint density at radius 3 is 2.52 bits per heavy atom. The van der Waals surface area contributed by atoms with Crippen molar-refractivity contribution >= 4 is 5.57 Å². The highest BCUT2D eigenvalue weighted by Crippen LogP contribution is 2.35. The molecular weight excluding hydrogens is 310 g/mol. The van der Waals surface area contributed by atoms with Gasteiger partial charge in [-0.25, -0.2) is 0 Å². The molecule has 4 nitrogen and oxygen atoms in total. The Morgan fingerprint density at radius 1 is 1.08 bits per heavy atom. The van der Waals surface area contributed by atoms with Crippen LogP contribution in [-0.4, -0.2) is 60.4 Å². The van der Waals surface area contributed by atoms with Crippen LogP contribution >= 0.6 is 0 Å². The molecule has 1 aromatic carbocycles. The maximum Gasteiger partial charge on any atom is 0.0813 e. The van der Waals surface area contributed by atoms with Gasteiger partial charge in [-0.3, -0.25) is 4.90 Å². The number of piperazine rings is 1. The minimum absolute atomic E-state index is 0.216. The van der Waals surface area contributed by atoms with E-state index in [0.717, 1.165) is 64.8 Å². The lowest BCUT2D eigenvalue weighted by molar-refractivity contribution is -0.0505. The first-order valence-corrected chi connectivity index (χ1v) is 9.90. The topological polar surface area (TPSA) is 47.5 Å². The first-order chi connectivity index (χ1) is 12.2. The average molecular weight is 341 g/mol. The zero-order chi connectivity index (χ0) is 17.1. The lowest BCUT2D eigenvalue weighted by Gasteiger charge is -2.46. The number of benzene rings is 1. The van der Waals surface area contributed by atoms with Crippen molar-refractivity contribution < 1.29 is 5.11 Å². The summed E-state index contributed by atoms with van der Waals surface area (Å²) in [5.41, 5.74) is 2.34. The van der Waals surface area contributed by atoms with Crippen LogP contribution in [0.2, 0.25) is 0 Å². The van der Waals surface area contributed by atoms with Crippen molar-refractivity contribution in [1.82, 2.24) is 15.5 Å². The second-order valence-electron chi connectivity index (χ2n) is 7.89. The van der Waals surface area contributed by atoms with Crippen LogP contribution in [-0.2, 0) is 0 Å². The van der Waals surface area contributed by atoms with Gasteiger partial charge >= 0.3 is 0 Å². The molecule has 2 fully saturated rings. The smallest absolute Gasteiger partial charge is 0.0813 e. The molecule has 1 atom stereocenters. The lowest BCUT2D eigenvalue weighted by Crippen LogP contribution is -2.62. The number of aliphatic hydroxyl groups is 1. The van der Waals surface area contributed by atoms with Crippen molar-refractivity contribution in [3.8, 4) is 0 Å². The van der Waals surface area contributed by atoms with Crippen molar-refractivity contribution in [3.63, 3.8) is 0 Å². The summed E-state index contributed by atoms with van der Waals surface area (Å²) in [5, 5.41) is 18.0. The largest absolute Gasteiger partial charge is 0.388 e. The molecule has 0 amide bonds. The molecule has 4 heteroatoms. The zero-order valence-electron chi connectivity index (χ0n) is 15.1. The van der Waals surface area contributed by atoms with Gasteiger partial charge in [-0.2, -0.15) is 0 Å². The number of hydrogen-bond acceptors (Lipinski definition) is 4. The molecule has 1 unspecified atom stereocenters. The van der Waals surface area contributed by atoms with Crippen LogP contribution in [0, 0.1) is 0 Å². The first kappa shape index (κ1) is 17.2. The normalized spacial score (nSPS) is 34.5. The van der Waals surface area contributed by atoms with Crippen molar-refractivity contribution in [2.75, 3.05) is 32.7 Å². The number of nitrogens with zero attached hydrogens (tertiary/aromatic N) is 1. The van der Waals surface area contributed by atoms with Gasteiger partial charge in [-0.15, -0.1) is 0 Å². The van der Waals surface area contributed by atoms with Crippen LogP contribution in [0.5, 0.6) is 0 Å². The Labute approximate surface area is 151 Å². The number of hydrogen-bond donors (Lipinski definition) is 3. The summed E-state index contributed by atoms with van der Waals surface area (Å²) >= 11 is 0. The molecule has 0 radical (unpaired) electrons. The Kier molecular flexibility index (Phi) is 5.23. The van der Waals surface area contributed by atoms with Gasteiger partial charge in [0.1, 0.15) is 0 Å². The maximum absolute atomic E-state index is 11.1. The van der Waals surface area contributed by atoms with Crippen LogP contribution < -0.4 is 10.6 Å². The fourth-order valence-corrected chi connectivity index (χ4v) is 4.78. The van der Waals surface area contributed by atoms with Crippen molar-refractivity contribution in [2.24, 2.45) is 0 Å². The molecule has 0 spiro atoms.